The van der Waals surface area contributed by atoms with Gasteiger partial charge in [0.2, 0.25) is 5.78 Å². The van der Waals surface area contributed by atoms with E-state index in [1.165, 1.54) is 0 Å². The van der Waals surface area contributed by atoms with E-state index >= 15 is 0 Å². The maximum Gasteiger partial charge on any atom is 0.203 e. The van der Waals surface area contributed by atoms with Crippen LogP contribution in [0.3, 0.4) is 0 Å². The molecule has 3 aromatic rings. The lowest BCUT2D eigenvalue weighted by Crippen LogP contribution is -1.98. The van der Waals surface area contributed by atoms with Gasteiger partial charge in [-0.05, 0) is 24.3 Å². The van der Waals surface area contributed by atoms with Gasteiger partial charge in [-0.2, -0.15) is 0 Å². The van der Waals surface area contributed by atoms with Gasteiger partial charge in [0, 0.05) is 6.20 Å². The van der Waals surface area contributed by atoms with Gasteiger partial charge in [-0.3, -0.25) is 9.78 Å². The number of hydrogen-bond donors (Lipinski definition) is 1. The van der Waals surface area contributed by atoms with E-state index in [0.29, 0.717) is 11.3 Å². The van der Waals surface area contributed by atoms with Gasteiger partial charge in [-0.1, -0.05) is 0 Å². The van der Waals surface area contributed by atoms with Gasteiger partial charge in [-0.15, -0.1) is 0 Å². The first-order valence-corrected chi connectivity index (χ1v) is 5.40. The maximum atomic E-state index is 11.6. The van der Waals surface area contributed by atoms with Crippen molar-refractivity contribution < 1.29 is 9.53 Å². The topological polar surface area (TPSA) is 55.0 Å². The zero-order chi connectivity index (χ0) is 11.4. The molecule has 0 unspecified atom stereocenters. The van der Waals surface area contributed by atoms with E-state index in [2.05, 4.69) is 9.97 Å². The van der Waals surface area contributed by atoms with Crippen molar-refractivity contribution in [3.63, 3.8) is 0 Å². The molecule has 0 radical (unpaired) electrons. The Hall–Kier alpha value is -2.36. The number of hydrogen-bond acceptors (Lipinski definition) is 3. The van der Waals surface area contributed by atoms with Crippen molar-refractivity contribution in [2.45, 2.75) is 0 Å². The largest absolute Gasteiger partial charge is 0.484 e. The van der Waals surface area contributed by atoms with Crippen LogP contribution in [0.4, 0.5) is 0 Å². The lowest BCUT2D eigenvalue weighted by Gasteiger charge is -1.99. The van der Waals surface area contributed by atoms with Gasteiger partial charge < -0.3 is 9.72 Å². The highest BCUT2D eigenvalue weighted by Gasteiger charge is 2.25. The first-order valence-electron chi connectivity index (χ1n) is 5.40. The molecule has 0 amide bonds. The number of benzene rings is 1. The lowest BCUT2D eigenvalue weighted by molar-refractivity contribution is 0.0961. The molecule has 82 valence electrons. The Kier molecular flexibility index (Phi) is 1.47. The number of nitrogens with one attached hydrogen (secondary N) is 1. The zero-order valence-corrected chi connectivity index (χ0v) is 8.86. The minimum absolute atomic E-state index is 0.0344. The fourth-order valence-electron chi connectivity index (χ4n) is 2.36. The minimum atomic E-state index is 0.0344. The van der Waals surface area contributed by atoms with E-state index in [1.807, 2.05) is 24.3 Å². The summed E-state index contributed by atoms with van der Waals surface area (Å²) < 4.78 is 5.48. The Bertz CT molecular complexity index is 774. The molecule has 1 aromatic carbocycles. The first-order chi connectivity index (χ1) is 8.34. The molecule has 4 nitrogen and oxygen atoms in total. The van der Waals surface area contributed by atoms with Gasteiger partial charge >= 0.3 is 0 Å². The number of aromatic amines is 1. The third-order valence-electron chi connectivity index (χ3n) is 3.12. The van der Waals surface area contributed by atoms with Crippen molar-refractivity contribution in [1.29, 1.82) is 0 Å². The molecule has 1 N–H and O–H groups in total. The molecule has 0 bridgehead atoms. The summed E-state index contributed by atoms with van der Waals surface area (Å²) in [5, 5.41) is 0.906. The molecule has 0 saturated carbocycles. The SMILES string of the molecule is O=C1COc2c1ccc1[nH]c3cccnc3c21. The van der Waals surface area contributed by atoms with Crippen molar-refractivity contribution in [3.05, 3.63) is 36.0 Å². The summed E-state index contributed by atoms with van der Waals surface area (Å²) >= 11 is 0. The lowest BCUT2D eigenvalue weighted by atomic mass is 10.1. The summed E-state index contributed by atoms with van der Waals surface area (Å²) in [5.74, 6) is 0.699. The van der Waals surface area contributed by atoms with E-state index < -0.39 is 0 Å². The standard InChI is InChI=1S/C13H8N2O2/c16-10-6-17-13-7(10)3-4-8-11(13)12-9(15-8)2-1-5-14-12/h1-5,15H,6H2. The van der Waals surface area contributed by atoms with Crippen LogP contribution in [-0.2, 0) is 0 Å². The third kappa shape index (κ3) is 1.02. The van der Waals surface area contributed by atoms with Crippen LogP contribution in [0.1, 0.15) is 10.4 Å². The second kappa shape index (κ2) is 2.85. The average molecular weight is 224 g/mol. The van der Waals surface area contributed by atoms with Gasteiger partial charge in [0.05, 0.1) is 27.5 Å². The highest BCUT2D eigenvalue weighted by atomic mass is 16.5. The Balaban J connectivity index is 2.26. The van der Waals surface area contributed by atoms with Gasteiger partial charge in [0.15, 0.2) is 6.61 Å². The van der Waals surface area contributed by atoms with Crippen LogP contribution >= 0.6 is 0 Å². The smallest absolute Gasteiger partial charge is 0.203 e. The van der Waals surface area contributed by atoms with Crippen LogP contribution in [-0.4, -0.2) is 22.4 Å². The molecule has 1 aliphatic heterocycles. The number of nitrogens with zero attached hydrogens (tertiary/aromatic N) is 1. The molecular formula is C13H8N2O2. The molecule has 2 aromatic heterocycles. The molecule has 17 heavy (non-hydrogen) atoms. The molecule has 0 spiro atoms. The van der Waals surface area contributed by atoms with Crippen LogP contribution in [0, 0.1) is 0 Å². The van der Waals surface area contributed by atoms with Crippen LogP contribution < -0.4 is 4.74 Å². The number of Topliss-reactive ketones (excluding diaryl/α,β-unsaturated/α-hetero) is 1. The summed E-state index contributed by atoms with van der Waals surface area (Å²) in [4.78, 5) is 19.2. The predicted octanol–water partition coefficient (Wildman–Crippen LogP) is 2.29. The summed E-state index contributed by atoms with van der Waals surface area (Å²) in [6.07, 6.45) is 1.74. The second-order valence-electron chi connectivity index (χ2n) is 4.10. The number of pyridine rings is 1. The average Bonchev–Trinajstić information content (AvgIpc) is 2.90. The quantitative estimate of drug-likeness (QED) is 0.637. The maximum absolute atomic E-state index is 11.6. The second-order valence-corrected chi connectivity index (χ2v) is 4.10. The molecule has 0 saturated heterocycles. The van der Waals surface area contributed by atoms with Crippen molar-refractivity contribution in [3.8, 4) is 5.75 Å². The number of carbonyl (C=O) groups is 1. The van der Waals surface area contributed by atoms with E-state index in [1.54, 1.807) is 6.20 Å². The van der Waals surface area contributed by atoms with Crippen LogP contribution in [0.25, 0.3) is 21.9 Å². The highest BCUT2D eigenvalue weighted by molar-refractivity contribution is 6.15. The molecule has 0 aliphatic carbocycles. The number of aromatic nitrogens is 2. The fourth-order valence-corrected chi connectivity index (χ4v) is 2.36. The molecule has 4 rings (SSSR count). The predicted molar refractivity (Wildman–Crippen MR) is 63.4 cm³/mol. The normalized spacial score (nSPS) is 14.2. The van der Waals surface area contributed by atoms with E-state index in [-0.39, 0.29) is 12.4 Å². The van der Waals surface area contributed by atoms with Gasteiger partial charge in [0.25, 0.3) is 0 Å². The zero-order valence-electron chi connectivity index (χ0n) is 8.86. The van der Waals surface area contributed by atoms with E-state index in [9.17, 15) is 4.79 Å². The fraction of sp³-hybridized carbons (Fsp3) is 0.0769. The van der Waals surface area contributed by atoms with E-state index in [0.717, 1.165) is 21.9 Å². The molecule has 0 atom stereocenters. The number of fused-ring (bicyclic) bond motifs is 5. The molecule has 0 fully saturated rings. The highest BCUT2D eigenvalue weighted by Crippen LogP contribution is 2.37. The Labute approximate surface area is 96.2 Å². The van der Waals surface area contributed by atoms with E-state index in [4.69, 9.17) is 4.74 Å². The van der Waals surface area contributed by atoms with Crippen molar-refractivity contribution >= 4 is 27.7 Å². The number of ketones is 1. The summed E-state index contributed by atoms with van der Waals surface area (Å²) in [7, 11) is 0. The molecule has 1 aliphatic rings. The van der Waals surface area contributed by atoms with Crippen molar-refractivity contribution in [2.75, 3.05) is 6.61 Å². The number of H-pyrrole nitrogens is 1. The molecule has 3 heterocycles. The Morgan fingerprint density at radius 1 is 1.24 bits per heavy atom. The van der Waals surface area contributed by atoms with Crippen molar-refractivity contribution in [1.82, 2.24) is 9.97 Å². The van der Waals surface area contributed by atoms with Gasteiger partial charge in [-0.25, -0.2) is 0 Å². The third-order valence-corrected chi connectivity index (χ3v) is 3.12. The molecular weight excluding hydrogens is 216 g/mol. The van der Waals surface area contributed by atoms with Crippen LogP contribution in [0.5, 0.6) is 5.75 Å². The number of carbonyl (C=O) groups excluding carboxylic acids is 1. The van der Waals surface area contributed by atoms with Crippen LogP contribution in [0.2, 0.25) is 0 Å². The molecule has 4 heteroatoms. The van der Waals surface area contributed by atoms with Crippen LogP contribution in [0.15, 0.2) is 30.5 Å². The Morgan fingerprint density at radius 3 is 3.12 bits per heavy atom. The number of ether oxygens (including phenoxy) is 1. The first kappa shape index (κ1) is 8.75. The summed E-state index contributed by atoms with van der Waals surface area (Å²) in [6, 6.07) is 7.56. The minimum Gasteiger partial charge on any atom is -0.484 e. The summed E-state index contributed by atoms with van der Waals surface area (Å²) in [6.45, 7) is 0.133. The van der Waals surface area contributed by atoms with Gasteiger partial charge in [0.1, 0.15) is 5.75 Å². The monoisotopic (exact) mass is 224 g/mol. The van der Waals surface area contributed by atoms with Crippen molar-refractivity contribution in [2.24, 2.45) is 0 Å². The number of rotatable bonds is 0. The Morgan fingerprint density at radius 2 is 2.18 bits per heavy atom. The summed E-state index contributed by atoms with van der Waals surface area (Å²) in [5.41, 5.74) is 3.42.